The monoisotopic (exact) mass is 551 g/mol. The third-order valence-electron chi connectivity index (χ3n) is 9.82. The molecule has 4 atom stereocenters. The number of hydrogen-bond donors (Lipinski definition) is 3. The minimum absolute atomic E-state index is 0.0368. The topological polar surface area (TPSA) is 138 Å². The Labute approximate surface area is 236 Å². The number of carboxylic acid groups (broad SMARTS) is 1. The van der Waals surface area contributed by atoms with Gasteiger partial charge in [0.25, 0.3) is 5.91 Å². The van der Waals surface area contributed by atoms with Crippen LogP contribution >= 0.6 is 0 Å². The number of nitrogens with one attached hydrogen (secondary N) is 2. The van der Waals surface area contributed by atoms with Gasteiger partial charge in [-0.3, -0.25) is 14.4 Å². The quantitative estimate of drug-likeness (QED) is 0.346. The number of benzene rings is 1. The van der Waals surface area contributed by atoms with Crippen molar-refractivity contribution in [2.75, 3.05) is 13.7 Å². The maximum atomic E-state index is 13.6. The van der Waals surface area contributed by atoms with E-state index in [0.29, 0.717) is 32.2 Å². The summed E-state index contributed by atoms with van der Waals surface area (Å²) >= 11 is 0. The summed E-state index contributed by atoms with van der Waals surface area (Å²) in [5.74, 6) is 0.582. The molecule has 1 aromatic rings. The van der Waals surface area contributed by atoms with E-state index in [9.17, 15) is 24.8 Å². The van der Waals surface area contributed by atoms with Crippen LogP contribution in [0.3, 0.4) is 0 Å². The predicted molar refractivity (Wildman–Crippen MR) is 147 cm³/mol. The SMILES string of the molecule is COc1cc(C#N)c(OC2CCC(C)(C(=O)O)CC2)cc1C(=O)N[C@@H]1[C@H]2CC[C@H](C2)[C@@H]1C(=O)NCCCC1CC1. The van der Waals surface area contributed by atoms with Crippen molar-refractivity contribution in [2.45, 2.75) is 89.7 Å². The molecule has 2 amide bonds. The van der Waals surface area contributed by atoms with Gasteiger partial charge in [0.15, 0.2) is 0 Å². The van der Waals surface area contributed by atoms with Crippen molar-refractivity contribution < 1.29 is 29.0 Å². The van der Waals surface area contributed by atoms with E-state index in [1.165, 1.54) is 32.4 Å². The molecule has 9 nitrogen and oxygen atoms in total. The van der Waals surface area contributed by atoms with E-state index in [4.69, 9.17) is 9.47 Å². The number of ether oxygens (including phenoxy) is 2. The Bertz CT molecular complexity index is 1180. The first-order valence-electron chi connectivity index (χ1n) is 14.8. The summed E-state index contributed by atoms with van der Waals surface area (Å²) in [5, 5.41) is 25.6. The fraction of sp³-hybridized carbons (Fsp3) is 0.677. The number of rotatable bonds is 11. The molecule has 4 saturated carbocycles. The van der Waals surface area contributed by atoms with Crippen LogP contribution in [0.1, 0.15) is 93.5 Å². The normalized spacial score (nSPS) is 30.8. The van der Waals surface area contributed by atoms with E-state index in [2.05, 4.69) is 16.7 Å². The van der Waals surface area contributed by atoms with Crippen LogP contribution in [-0.4, -0.2) is 48.7 Å². The van der Waals surface area contributed by atoms with Gasteiger partial charge in [0.05, 0.1) is 35.7 Å². The van der Waals surface area contributed by atoms with Gasteiger partial charge in [0, 0.05) is 18.7 Å². The van der Waals surface area contributed by atoms with Gasteiger partial charge in [-0.05, 0) is 88.5 Å². The molecular weight excluding hydrogens is 510 g/mol. The lowest BCUT2D eigenvalue weighted by molar-refractivity contribution is -0.150. The number of amides is 2. The minimum atomic E-state index is -0.807. The fourth-order valence-electron chi connectivity index (χ4n) is 7.06. The Balaban J connectivity index is 1.28. The van der Waals surface area contributed by atoms with Gasteiger partial charge in [0.2, 0.25) is 5.91 Å². The predicted octanol–water partition coefficient (Wildman–Crippen LogP) is 4.43. The summed E-state index contributed by atoms with van der Waals surface area (Å²) in [6.45, 7) is 2.43. The zero-order valence-corrected chi connectivity index (χ0v) is 23.5. The largest absolute Gasteiger partial charge is 0.496 e. The van der Waals surface area contributed by atoms with E-state index in [1.54, 1.807) is 13.0 Å². The van der Waals surface area contributed by atoms with Crippen LogP contribution in [0.15, 0.2) is 12.1 Å². The van der Waals surface area contributed by atoms with Gasteiger partial charge in [-0.1, -0.05) is 12.8 Å². The van der Waals surface area contributed by atoms with Gasteiger partial charge in [-0.15, -0.1) is 0 Å². The number of carboxylic acids is 1. The van der Waals surface area contributed by atoms with E-state index >= 15 is 0 Å². The van der Waals surface area contributed by atoms with E-state index in [1.807, 2.05) is 0 Å². The molecule has 40 heavy (non-hydrogen) atoms. The molecule has 0 unspecified atom stereocenters. The number of carbonyl (C=O) groups excluding carboxylic acids is 2. The van der Waals surface area contributed by atoms with Crippen molar-refractivity contribution in [3.63, 3.8) is 0 Å². The molecule has 0 spiro atoms. The fourth-order valence-corrected chi connectivity index (χ4v) is 7.06. The molecule has 2 bridgehead atoms. The first-order valence-corrected chi connectivity index (χ1v) is 14.8. The molecule has 0 heterocycles. The molecule has 5 rings (SSSR count). The van der Waals surface area contributed by atoms with Crippen LogP contribution < -0.4 is 20.1 Å². The van der Waals surface area contributed by atoms with Crippen molar-refractivity contribution in [2.24, 2.45) is 29.1 Å². The Morgan fingerprint density at radius 3 is 2.45 bits per heavy atom. The molecule has 0 saturated heterocycles. The van der Waals surface area contributed by atoms with E-state index in [-0.39, 0.29) is 64.3 Å². The lowest BCUT2D eigenvalue weighted by Crippen LogP contribution is -2.50. The second-order valence-electron chi connectivity index (χ2n) is 12.6. The molecule has 9 heteroatoms. The van der Waals surface area contributed by atoms with Gasteiger partial charge in [-0.25, -0.2) is 0 Å². The Morgan fingerprint density at radius 2 is 1.80 bits per heavy atom. The second-order valence-corrected chi connectivity index (χ2v) is 12.6. The summed E-state index contributed by atoms with van der Waals surface area (Å²) in [7, 11) is 1.46. The van der Waals surface area contributed by atoms with Crippen LogP contribution in [0.2, 0.25) is 0 Å². The molecule has 4 fully saturated rings. The summed E-state index contributed by atoms with van der Waals surface area (Å²) < 4.78 is 11.7. The average molecular weight is 552 g/mol. The average Bonchev–Trinajstić information content (AvgIpc) is 3.56. The lowest BCUT2D eigenvalue weighted by Gasteiger charge is -2.34. The number of hydrogen-bond acceptors (Lipinski definition) is 6. The number of nitriles is 1. The summed E-state index contributed by atoms with van der Waals surface area (Å²) in [6.07, 6.45) is 9.54. The van der Waals surface area contributed by atoms with Gasteiger partial charge >= 0.3 is 5.97 Å². The molecule has 216 valence electrons. The van der Waals surface area contributed by atoms with Crippen LogP contribution in [0.5, 0.6) is 11.5 Å². The smallest absolute Gasteiger partial charge is 0.309 e. The van der Waals surface area contributed by atoms with Gasteiger partial charge < -0.3 is 25.2 Å². The highest BCUT2D eigenvalue weighted by molar-refractivity contribution is 5.98. The first-order chi connectivity index (χ1) is 19.2. The molecule has 0 radical (unpaired) electrons. The second kappa shape index (κ2) is 11.7. The van der Waals surface area contributed by atoms with E-state index < -0.39 is 11.4 Å². The maximum Gasteiger partial charge on any atom is 0.309 e. The Kier molecular flexibility index (Phi) is 8.25. The van der Waals surface area contributed by atoms with Crippen molar-refractivity contribution in [3.05, 3.63) is 23.3 Å². The molecule has 0 aliphatic heterocycles. The van der Waals surface area contributed by atoms with Crippen molar-refractivity contribution in [1.82, 2.24) is 10.6 Å². The van der Waals surface area contributed by atoms with Crippen LogP contribution in [0.25, 0.3) is 0 Å². The molecule has 3 N–H and O–H groups in total. The molecule has 4 aliphatic carbocycles. The van der Waals surface area contributed by atoms with Gasteiger partial charge in [-0.2, -0.15) is 5.26 Å². The van der Waals surface area contributed by atoms with Gasteiger partial charge in [0.1, 0.15) is 17.6 Å². The Hall–Kier alpha value is -3.28. The number of methoxy groups -OCH3 is 1. The molecule has 4 aliphatic rings. The number of aliphatic carboxylic acids is 1. The van der Waals surface area contributed by atoms with Crippen LogP contribution in [-0.2, 0) is 9.59 Å². The zero-order valence-electron chi connectivity index (χ0n) is 23.5. The third kappa shape index (κ3) is 5.91. The number of carbonyl (C=O) groups is 3. The van der Waals surface area contributed by atoms with Crippen molar-refractivity contribution in [3.8, 4) is 17.6 Å². The van der Waals surface area contributed by atoms with E-state index in [0.717, 1.165) is 31.6 Å². The first kappa shape index (κ1) is 28.3. The third-order valence-corrected chi connectivity index (χ3v) is 9.82. The summed E-state index contributed by atoms with van der Waals surface area (Å²) in [4.78, 5) is 38.5. The molecule has 1 aromatic carbocycles. The highest BCUT2D eigenvalue weighted by Crippen LogP contribution is 2.49. The highest BCUT2D eigenvalue weighted by atomic mass is 16.5. The standard InChI is InChI=1S/C31H41N3O6/c1-31(30(37)38)11-9-22(10-12-31)40-24-16-23(25(39-2)15-21(24)17-32)28(35)34-27-20-8-7-19(14-20)26(27)29(36)33-13-3-4-18-5-6-18/h15-16,18-20,22,26-27H,3-14H2,1-2H3,(H,33,36)(H,34,35)(H,37,38)/t19-,20+,22?,26+,27-,31?/m1/s1. The number of nitrogens with zero attached hydrogens (tertiary/aromatic N) is 1. The lowest BCUT2D eigenvalue weighted by atomic mass is 9.75. The molecule has 0 aromatic heterocycles. The van der Waals surface area contributed by atoms with Crippen molar-refractivity contribution in [1.29, 1.82) is 5.26 Å². The number of fused-ring (bicyclic) bond motifs is 2. The minimum Gasteiger partial charge on any atom is -0.496 e. The van der Waals surface area contributed by atoms with Crippen LogP contribution in [0, 0.1) is 40.4 Å². The Morgan fingerprint density at radius 1 is 1.07 bits per heavy atom. The highest BCUT2D eigenvalue weighted by Gasteiger charge is 2.51. The van der Waals surface area contributed by atoms with Crippen molar-refractivity contribution >= 4 is 17.8 Å². The molecular formula is C31H41N3O6. The summed E-state index contributed by atoms with van der Waals surface area (Å²) in [5.41, 5.74) is -0.263. The zero-order chi connectivity index (χ0) is 28.4. The van der Waals surface area contributed by atoms with Crippen LogP contribution in [0.4, 0.5) is 0 Å². The summed E-state index contributed by atoms with van der Waals surface area (Å²) in [6, 6.07) is 4.95. The maximum absolute atomic E-state index is 13.6.